The van der Waals surface area contributed by atoms with Gasteiger partial charge in [-0.2, -0.15) is 5.10 Å². The lowest BCUT2D eigenvalue weighted by Crippen LogP contribution is -2.39. The number of hydrazine groups is 1. The Balaban J connectivity index is 2.20. The zero-order valence-electron chi connectivity index (χ0n) is 13.0. The first-order chi connectivity index (χ1) is 10.5. The zero-order valence-corrected chi connectivity index (χ0v) is 13.0. The van der Waals surface area contributed by atoms with Gasteiger partial charge < -0.3 is 5.01 Å². The van der Waals surface area contributed by atoms with Crippen molar-refractivity contribution in [2.24, 2.45) is 7.05 Å². The summed E-state index contributed by atoms with van der Waals surface area (Å²) in [6.07, 6.45) is 1.89. The molecule has 1 atom stereocenters. The average molecular weight is 306 g/mol. The molecule has 0 saturated heterocycles. The van der Waals surface area contributed by atoms with Gasteiger partial charge in [-0.05, 0) is 35.6 Å². The number of anilines is 1. The summed E-state index contributed by atoms with van der Waals surface area (Å²) in [6.45, 7) is 2.96. The van der Waals surface area contributed by atoms with Crippen molar-refractivity contribution in [3.8, 4) is 11.1 Å². The van der Waals surface area contributed by atoms with E-state index in [1.807, 2.05) is 18.1 Å². The number of hydrogen-bond donors (Lipinski definition) is 1. The number of fused-ring (bicyclic) bond motifs is 1. The van der Waals surface area contributed by atoms with Crippen LogP contribution in [0.5, 0.6) is 0 Å². The van der Waals surface area contributed by atoms with Gasteiger partial charge >= 0.3 is 0 Å². The van der Waals surface area contributed by atoms with Gasteiger partial charge in [0, 0.05) is 38.0 Å². The maximum atomic E-state index is 13.6. The van der Waals surface area contributed by atoms with Crippen LogP contribution in [0.15, 0.2) is 24.5 Å². The summed E-state index contributed by atoms with van der Waals surface area (Å²) in [5.74, 6) is 0.349. The first-order valence-corrected chi connectivity index (χ1v) is 7.41. The highest BCUT2D eigenvalue weighted by atomic mass is 19.3. The van der Waals surface area contributed by atoms with E-state index >= 15 is 0 Å². The summed E-state index contributed by atoms with van der Waals surface area (Å²) in [6, 6.07) is 3.52. The predicted molar refractivity (Wildman–Crippen MR) is 83.0 cm³/mol. The van der Waals surface area contributed by atoms with Crippen LogP contribution in [-0.2, 0) is 7.05 Å². The van der Waals surface area contributed by atoms with Gasteiger partial charge in [0.15, 0.2) is 0 Å². The van der Waals surface area contributed by atoms with Crippen LogP contribution in [0.4, 0.5) is 14.5 Å². The SMILES string of the molecule is CNN1CC[C@H](C)c2cc(-c3cnn(C)c3)c(C(F)F)cc21. The van der Waals surface area contributed by atoms with Crippen LogP contribution in [0.3, 0.4) is 0 Å². The number of hydrogen-bond acceptors (Lipinski definition) is 3. The van der Waals surface area contributed by atoms with E-state index in [-0.39, 0.29) is 5.56 Å². The topological polar surface area (TPSA) is 33.1 Å². The minimum atomic E-state index is -2.52. The fourth-order valence-corrected chi connectivity index (χ4v) is 3.07. The molecule has 0 spiro atoms. The zero-order chi connectivity index (χ0) is 15.9. The molecule has 0 radical (unpaired) electrons. The summed E-state index contributed by atoms with van der Waals surface area (Å²) in [7, 11) is 3.60. The van der Waals surface area contributed by atoms with Crippen molar-refractivity contribution >= 4 is 5.69 Å². The third-order valence-electron chi connectivity index (χ3n) is 4.33. The molecule has 22 heavy (non-hydrogen) atoms. The highest BCUT2D eigenvalue weighted by Crippen LogP contribution is 2.41. The van der Waals surface area contributed by atoms with Gasteiger partial charge in [-0.1, -0.05) is 6.92 Å². The molecule has 6 heteroatoms. The van der Waals surface area contributed by atoms with Crippen molar-refractivity contribution in [2.75, 3.05) is 18.6 Å². The highest BCUT2D eigenvalue weighted by Gasteiger charge is 2.26. The number of aromatic nitrogens is 2. The maximum absolute atomic E-state index is 13.6. The number of aryl methyl sites for hydroxylation is 1. The first kappa shape index (κ1) is 15.0. The monoisotopic (exact) mass is 306 g/mol. The molecule has 4 nitrogen and oxygen atoms in total. The smallest absolute Gasteiger partial charge is 0.264 e. The minimum Gasteiger partial charge on any atom is -0.308 e. The normalized spacial score (nSPS) is 17.9. The molecule has 1 aliphatic rings. The second-order valence-corrected chi connectivity index (χ2v) is 5.77. The van der Waals surface area contributed by atoms with Crippen LogP contribution in [0.25, 0.3) is 11.1 Å². The molecule has 1 N–H and O–H groups in total. The van der Waals surface area contributed by atoms with Gasteiger partial charge in [0.1, 0.15) is 0 Å². The Labute approximate surface area is 128 Å². The van der Waals surface area contributed by atoms with E-state index in [9.17, 15) is 8.78 Å². The van der Waals surface area contributed by atoms with Crippen LogP contribution in [0, 0.1) is 0 Å². The van der Waals surface area contributed by atoms with Gasteiger partial charge in [0.2, 0.25) is 0 Å². The lowest BCUT2D eigenvalue weighted by molar-refractivity contribution is 0.152. The van der Waals surface area contributed by atoms with E-state index in [1.54, 1.807) is 30.2 Å². The lowest BCUT2D eigenvalue weighted by atomic mass is 9.87. The Kier molecular flexibility index (Phi) is 3.87. The van der Waals surface area contributed by atoms with Crippen LogP contribution in [-0.4, -0.2) is 23.4 Å². The van der Waals surface area contributed by atoms with Crippen LogP contribution in [0.1, 0.15) is 36.8 Å². The van der Waals surface area contributed by atoms with Crippen molar-refractivity contribution in [1.82, 2.24) is 15.2 Å². The molecule has 118 valence electrons. The number of benzene rings is 1. The van der Waals surface area contributed by atoms with Crippen LogP contribution in [0.2, 0.25) is 0 Å². The minimum absolute atomic E-state index is 0.0566. The summed E-state index contributed by atoms with van der Waals surface area (Å²) < 4.78 is 28.7. The second kappa shape index (κ2) is 5.68. The number of halogens is 2. The standard InChI is InChI=1S/C16H20F2N4/c1-10-4-5-22(19-2)15-7-14(16(17)18)13(6-12(10)15)11-8-20-21(3)9-11/h6-10,16,19H,4-5H2,1-3H3/t10-/m0/s1. The molecule has 0 unspecified atom stereocenters. The van der Waals surface area contributed by atoms with Crippen molar-refractivity contribution in [3.05, 3.63) is 35.7 Å². The van der Waals surface area contributed by atoms with Crippen LogP contribution >= 0.6 is 0 Å². The molecule has 2 aromatic rings. The molecule has 0 bridgehead atoms. The third-order valence-corrected chi connectivity index (χ3v) is 4.33. The van der Waals surface area contributed by atoms with Crippen LogP contribution < -0.4 is 10.4 Å². The Morgan fingerprint density at radius 1 is 1.36 bits per heavy atom. The molecule has 0 fully saturated rings. The van der Waals surface area contributed by atoms with E-state index in [4.69, 9.17) is 0 Å². The molecular weight excluding hydrogens is 286 g/mol. The summed E-state index contributed by atoms with van der Waals surface area (Å²) in [5, 5.41) is 6.04. The van der Waals surface area contributed by atoms with Gasteiger partial charge in [0.05, 0.1) is 11.9 Å². The molecule has 0 aliphatic carbocycles. The van der Waals surface area contributed by atoms with Crippen molar-refractivity contribution in [1.29, 1.82) is 0 Å². The lowest BCUT2D eigenvalue weighted by Gasteiger charge is -2.34. The predicted octanol–water partition coefficient (Wildman–Crippen LogP) is 3.47. The van der Waals surface area contributed by atoms with E-state index < -0.39 is 6.43 Å². The Bertz CT molecular complexity index is 681. The van der Waals surface area contributed by atoms with Crippen molar-refractivity contribution in [3.63, 3.8) is 0 Å². The largest absolute Gasteiger partial charge is 0.308 e. The quantitative estimate of drug-likeness (QED) is 0.942. The molecule has 1 aliphatic heterocycles. The molecule has 0 saturated carbocycles. The number of nitrogens with zero attached hydrogens (tertiary/aromatic N) is 3. The average Bonchev–Trinajstić information content (AvgIpc) is 2.93. The fourth-order valence-electron chi connectivity index (χ4n) is 3.07. The van der Waals surface area contributed by atoms with Gasteiger partial charge in [-0.15, -0.1) is 0 Å². The first-order valence-electron chi connectivity index (χ1n) is 7.41. The Morgan fingerprint density at radius 2 is 2.14 bits per heavy atom. The molecule has 3 rings (SSSR count). The maximum Gasteiger partial charge on any atom is 0.264 e. The molecular formula is C16H20F2N4. The van der Waals surface area contributed by atoms with E-state index in [1.165, 1.54) is 0 Å². The number of rotatable bonds is 3. The van der Waals surface area contributed by atoms with Gasteiger partial charge in [-0.3, -0.25) is 4.68 Å². The summed E-state index contributed by atoms with van der Waals surface area (Å²) in [4.78, 5) is 0. The summed E-state index contributed by atoms with van der Waals surface area (Å²) >= 11 is 0. The number of alkyl halides is 2. The van der Waals surface area contributed by atoms with Gasteiger partial charge in [-0.25, -0.2) is 14.2 Å². The number of nitrogens with one attached hydrogen (secondary N) is 1. The molecule has 1 aromatic carbocycles. The second-order valence-electron chi connectivity index (χ2n) is 5.77. The molecule has 2 heterocycles. The van der Waals surface area contributed by atoms with Crippen molar-refractivity contribution < 1.29 is 8.78 Å². The van der Waals surface area contributed by atoms with Crippen molar-refractivity contribution in [2.45, 2.75) is 25.7 Å². The fraction of sp³-hybridized carbons (Fsp3) is 0.438. The summed E-state index contributed by atoms with van der Waals surface area (Å²) in [5.41, 5.74) is 6.40. The molecule has 1 aromatic heterocycles. The third kappa shape index (κ3) is 2.47. The Hall–Kier alpha value is -1.95. The Morgan fingerprint density at radius 3 is 2.73 bits per heavy atom. The van der Waals surface area contributed by atoms with E-state index in [2.05, 4.69) is 17.4 Å². The van der Waals surface area contributed by atoms with Gasteiger partial charge in [0.25, 0.3) is 6.43 Å². The molecule has 0 amide bonds. The highest BCUT2D eigenvalue weighted by molar-refractivity contribution is 5.73. The van der Waals surface area contributed by atoms with E-state index in [0.29, 0.717) is 11.5 Å². The van der Waals surface area contributed by atoms with E-state index in [0.717, 1.165) is 29.8 Å².